The number of para-hydroxylation sites is 1. The summed E-state index contributed by atoms with van der Waals surface area (Å²) >= 11 is 0. The molecule has 102 valence electrons. The molecular weight excluding hydrogens is 252 g/mol. The third-order valence-electron chi connectivity index (χ3n) is 3.18. The first-order valence-electron chi connectivity index (χ1n) is 6.49. The van der Waals surface area contributed by atoms with Gasteiger partial charge in [-0.25, -0.2) is 9.97 Å². The van der Waals surface area contributed by atoms with E-state index in [9.17, 15) is 0 Å². The SMILES string of the molecule is COc1ccccc1-c1cnc2nc(CCN)cn2c1. The normalized spacial score (nSPS) is 10.9. The van der Waals surface area contributed by atoms with Gasteiger partial charge in [-0.2, -0.15) is 0 Å². The second-order valence-electron chi connectivity index (χ2n) is 4.52. The van der Waals surface area contributed by atoms with Gasteiger partial charge in [0.1, 0.15) is 5.75 Å². The number of imidazole rings is 1. The Balaban J connectivity index is 2.08. The number of nitrogens with two attached hydrogens (primary N) is 1. The predicted molar refractivity (Wildman–Crippen MR) is 77.7 cm³/mol. The van der Waals surface area contributed by atoms with Gasteiger partial charge in [0.25, 0.3) is 0 Å². The van der Waals surface area contributed by atoms with Gasteiger partial charge in [-0.15, -0.1) is 0 Å². The van der Waals surface area contributed by atoms with Gasteiger partial charge < -0.3 is 10.5 Å². The highest BCUT2D eigenvalue weighted by Crippen LogP contribution is 2.28. The molecule has 0 aliphatic carbocycles. The zero-order chi connectivity index (χ0) is 13.9. The second kappa shape index (κ2) is 5.30. The summed E-state index contributed by atoms with van der Waals surface area (Å²) in [4.78, 5) is 8.81. The Kier molecular flexibility index (Phi) is 3.35. The Bertz CT molecular complexity index is 736. The first-order valence-corrected chi connectivity index (χ1v) is 6.49. The van der Waals surface area contributed by atoms with Gasteiger partial charge in [0.15, 0.2) is 0 Å². The topological polar surface area (TPSA) is 65.4 Å². The molecule has 0 unspecified atom stereocenters. The number of nitrogens with zero attached hydrogens (tertiary/aromatic N) is 3. The number of hydrogen-bond donors (Lipinski definition) is 1. The lowest BCUT2D eigenvalue weighted by molar-refractivity contribution is 0.416. The standard InChI is InChI=1S/C15H16N4O/c1-20-14-5-3-2-4-13(14)11-8-17-15-18-12(6-7-16)10-19(15)9-11/h2-5,8-10H,6-7,16H2,1H3. The molecule has 0 atom stereocenters. The third kappa shape index (κ3) is 2.23. The number of aromatic nitrogens is 3. The highest BCUT2D eigenvalue weighted by molar-refractivity contribution is 5.69. The summed E-state index contributed by atoms with van der Waals surface area (Å²) in [6.07, 6.45) is 6.54. The zero-order valence-corrected chi connectivity index (χ0v) is 11.3. The van der Waals surface area contributed by atoms with Gasteiger partial charge in [-0.3, -0.25) is 4.40 Å². The highest BCUT2D eigenvalue weighted by atomic mass is 16.5. The van der Waals surface area contributed by atoms with Crippen molar-refractivity contribution in [2.45, 2.75) is 6.42 Å². The summed E-state index contributed by atoms with van der Waals surface area (Å²) in [7, 11) is 1.67. The van der Waals surface area contributed by atoms with E-state index >= 15 is 0 Å². The average Bonchev–Trinajstić information content (AvgIpc) is 2.89. The van der Waals surface area contributed by atoms with Crippen LogP contribution < -0.4 is 10.5 Å². The lowest BCUT2D eigenvalue weighted by Crippen LogP contribution is -2.02. The molecule has 5 heteroatoms. The smallest absolute Gasteiger partial charge is 0.233 e. The average molecular weight is 268 g/mol. The summed E-state index contributed by atoms with van der Waals surface area (Å²) in [6.45, 7) is 0.587. The van der Waals surface area contributed by atoms with Crippen LogP contribution in [0.15, 0.2) is 42.9 Å². The van der Waals surface area contributed by atoms with E-state index in [-0.39, 0.29) is 0 Å². The van der Waals surface area contributed by atoms with E-state index in [1.54, 1.807) is 7.11 Å². The Labute approximate surface area is 117 Å². The fourth-order valence-electron chi connectivity index (χ4n) is 2.22. The fourth-order valence-corrected chi connectivity index (χ4v) is 2.22. The number of fused-ring (bicyclic) bond motifs is 1. The second-order valence-corrected chi connectivity index (χ2v) is 4.52. The first kappa shape index (κ1) is 12.6. The summed E-state index contributed by atoms with van der Waals surface area (Å²) in [5.41, 5.74) is 8.52. The maximum Gasteiger partial charge on any atom is 0.233 e. The van der Waals surface area contributed by atoms with Crippen LogP contribution in [-0.2, 0) is 6.42 Å². The summed E-state index contributed by atoms with van der Waals surface area (Å²) in [6, 6.07) is 7.88. The van der Waals surface area contributed by atoms with Crippen molar-refractivity contribution >= 4 is 5.78 Å². The van der Waals surface area contributed by atoms with E-state index in [0.29, 0.717) is 12.3 Å². The Hall–Kier alpha value is -2.40. The number of hydrogen-bond acceptors (Lipinski definition) is 4. The lowest BCUT2D eigenvalue weighted by atomic mass is 10.1. The third-order valence-corrected chi connectivity index (χ3v) is 3.18. The molecule has 0 aliphatic heterocycles. The molecule has 2 aromatic heterocycles. The molecule has 3 rings (SSSR count). The van der Waals surface area contributed by atoms with Crippen LogP contribution in [0.5, 0.6) is 5.75 Å². The number of ether oxygens (including phenoxy) is 1. The monoisotopic (exact) mass is 268 g/mol. The van der Waals surface area contributed by atoms with Crippen molar-refractivity contribution in [1.29, 1.82) is 0 Å². The van der Waals surface area contributed by atoms with Crippen molar-refractivity contribution in [3.63, 3.8) is 0 Å². The van der Waals surface area contributed by atoms with Crippen LogP contribution in [0.3, 0.4) is 0 Å². The summed E-state index contributed by atoms with van der Waals surface area (Å²) in [5.74, 6) is 1.52. The molecule has 2 N–H and O–H groups in total. The lowest BCUT2D eigenvalue weighted by Gasteiger charge is -2.07. The molecule has 3 aromatic rings. The zero-order valence-electron chi connectivity index (χ0n) is 11.3. The number of rotatable bonds is 4. The van der Waals surface area contributed by atoms with Crippen LogP contribution in [0.25, 0.3) is 16.9 Å². The van der Waals surface area contributed by atoms with Gasteiger partial charge in [0, 0.05) is 36.1 Å². The molecule has 0 saturated heterocycles. The maximum atomic E-state index is 5.56. The van der Waals surface area contributed by atoms with E-state index in [4.69, 9.17) is 10.5 Å². The van der Waals surface area contributed by atoms with Crippen molar-refractivity contribution in [3.05, 3.63) is 48.5 Å². The van der Waals surface area contributed by atoms with E-state index in [0.717, 1.165) is 29.0 Å². The maximum absolute atomic E-state index is 5.56. The Morgan fingerprint density at radius 2 is 2.10 bits per heavy atom. The first-order chi connectivity index (χ1) is 9.81. The number of methoxy groups -OCH3 is 1. The Morgan fingerprint density at radius 1 is 1.25 bits per heavy atom. The number of benzene rings is 1. The molecule has 0 radical (unpaired) electrons. The van der Waals surface area contributed by atoms with Crippen LogP contribution in [0.1, 0.15) is 5.69 Å². The van der Waals surface area contributed by atoms with Crippen molar-refractivity contribution in [2.24, 2.45) is 5.73 Å². The van der Waals surface area contributed by atoms with E-state index < -0.39 is 0 Å². The van der Waals surface area contributed by atoms with Gasteiger partial charge in [0.05, 0.1) is 12.8 Å². The molecule has 0 saturated carbocycles. The molecule has 0 fully saturated rings. The van der Waals surface area contributed by atoms with Crippen LogP contribution in [-0.4, -0.2) is 28.0 Å². The minimum atomic E-state index is 0.587. The molecule has 0 bridgehead atoms. The molecular formula is C15H16N4O. The molecule has 0 aliphatic rings. The van der Waals surface area contributed by atoms with Crippen LogP contribution in [0.4, 0.5) is 0 Å². The van der Waals surface area contributed by atoms with Gasteiger partial charge in [-0.1, -0.05) is 18.2 Å². The van der Waals surface area contributed by atoms with Crippen molar-refractivity contribution in [2.75, 3.05) is 13.7 Å². The van der Waals surface area contributed by atoms with E-state index in [1.807, 2.05) is 47.3 Å². The van der Waals surface area contributed by atoms with Gasteiger partial charge >= 0.3 is 0 Å². The molecule has 5 nitrogen and oxygen atoms in total. The van der Waals surface area contributed by atoms with Crippen molar-refractivity contribution < 1.29 is 4.74 Å². The van der Waals surface area contributed by atoms with E-state index in [2.05, 4.69) is 9.97 Å². The molecule has 0 spiro atoms. The molecule has 0 amide bonds. The predicted octanol–water partition coefficient (Wildman–Crippen LogP) is 1.91. The van der Waals surface area contributed by atoms with Crippen LogP contribution in [0.2, 0.25) is 0 Å². The summed E-state index contributed by atoms with van der Waals surface area (Å²) in [5, 5.41) is 0. The quantitative estimate of drug-likeness (QED) is 0.785. The summed E-state index contributed by atoms with van der Waals surface area (Å²) < 4.78 is 7.31. The van der Waals surface area contributed by atoms with Gasteiger partial charge in [-0.05, 0) is 12.6 Å². The van der Waals surface area contributed by atoms with Crippen LogP contribution in [0, 0.1) is 0 Å². The fraction of sp³-hybridized carbons (Fsp3) is 0.200. The van der Waals surface area contributed by atoms with Crippen LogP contribution >= 0.6 is 0 Å². The minimum Gasteiger partial charge on any atom is -0.496 e. The molecule has 2 heterocycles. The Morgan fingerprint density at radius 3 is 2.90 bits per heavy atom. The molecule has 20 heavy (non-hydrogen) atoms. The highest BCUT2D eigenvalue weighted by Gasteiger charge is 2.08. The minimum absolute atomic E-state index is 0.587. The molecule has 1 aromatic carbocycles. The van der Waals surface area contributed by atoms with Crippen molar-refractivity contribution in [1.82, 2.24) is 14.4 Å². The van der Waals surface area contributed by atoms with Crippen molar-refractivity contribution in [3.8, 4) is 16.9 Å². The van der Waals surface area contributed by atoms with Gasteiger partial charge in [0.2, 0.25) is 5.78 Å². The van der Waals surface area contributed by atoms with E-state index in [1.165, 1.54) is 0 Å². The largest absolute Gasteiger partial charge is 0.496 e.